The van der Waals surface area contributed by atoms with Crippen LogP contribution in [0.2, 0.25) is 0 Å². The molecule has 0 atom stereocenters. The summed E-state index contributed by atoms with van der Waals surface area (Å²) in [4.78, 5) is 24.7. The lowest BCUT2D eigenvalue weighted by Gasteiger charge is -2.11. The van der Waals surface area contributed by atoms with Crippen molar-refractivity contribution in [3.63, 3.8) is 0 Å². The standard InChI is InChI=1S/C24H24N2O5S/c1-4-29-21-13-18(7-8-20(21)31-24(28)22-6-5-9-32-22)14-25-26-23(27)15-30-19-11-16(2)10-17(3)12-19/h5-14H,4,15H2,1-3H3,(H,26,27)/b25-14+. The lowest BCUT2D eigenvalue weighted by Crippen LogP contribution is -2.24. The molecule has 0 aliphatic carbocycles. The summed E-state index contributed by atoms with van der Waals surface area (Å²) in [6, 6.07) is 14.3. The minimum atomic E-state index is -0.446. The zero-order valence-corrected chi connectivity index (χ0v) is 18.9. The number of hydrogen-bond acceptors (Lipinski definition) is 7. The molecule has 1 amide bonds. The number of benzene rings is 2. The summed E-state index contributed by atoms with van der Waals surface area (Å²) in [6.45, 7) is 6.02. The van der Waals surface area contributed by atoms with E-state index in [1.54, 1.807) is 35.7 Å². The Hall–Kier alpha value is -3.65. The highest BCUT2D eigenvalue weighted by Gasteiger charge is 2.14. The van der Waals surface area contributed by atoms with Crippen LogP contribution in [0, 0.1) is 13.8 Å². The third-order valence-electron chi connectivity index (χ3n) is 4.16. The summed E-state index contributed by atoms with van der Waals surface area (Å²) < 4.78 is 16.5. The summed E-state index contributed by atoms with van der Waals surface area (Å²) in [5.74, 6) is 0.528. The molecule has 0 fully saturated rings. The number of aryl methyl sites for hydroxylation is 2. The van der Waals surface area contributed by atoms with E-state index < -0.39 is 5.97 Å². The van der Waals surface area contributed by atoms with Gasteiger partial charge in [0.05, 0.1) is 12.8 Å². The van der Waals surface area contributed by atoms with Gasteiger partial charge < -0.3 is 14.2 Å². The van der Waals surface area contributed by atoms with Crippen LogP contribution in [-0.4, -0.2) is 31.3 Å². The van der Waals surface area contributed by atoms with Gasteiger partial charge in [-0.3, -0.25) is 4.79 Å². The molecule has 3 rings (SSSR count). The van der Waals surface area contributed by atoms with Gasteiger partial charge in [0, 0.05) is 0 Å². The van der Waals surface area contributed by atoms with Crippen molar-refractivity contribution >= 4 is 29.4 Å². The van der Waals surface area contributed by atoms with Crippen molar-refractivity contribution in [2.45, 2.75) is 20.8 Å². The third kappa shape index (κ3) is 6.68. The quantitative estimate of drug-likeness (QED) is 0.223. The zero-order valence-electron chi connectivity index (χ0n) is 18.1. The van der Waals surface area contributed by atoms with Gasteiger partial charge in [0.25, 0.3) is 5.91 Å². The van der Waals surface area contributed by atoms with Crippen LogP contribution in [0.3, 0.4) is 0 Å². The van der Waals surface area contributed by atoms with E-state index in [4.69, 9.17) is 14.2 Å². The number of esters is 1. The number of ether oxygens (including phenoxy) is 3. The molecule has 0 saturated heterocycles. The first kappa shape index (κ1) is 23.0. The second-order valence-electron chi connectivity index (χ2n) is 6.91. The van der Waals surface area contributed by atoms with E-state index in [1.807, 2.05) is 39.0 Å². The van der Waals surface area contributed by atoms with E-state index in [0.29, 0.717) is 34.3 Å². The Morgan fingerprint density at radius 2 is 1.81 bits per heavy atom. The Bertz CT molecular complexity index is 1090. The number of nitrogens with zero attached hydrogens (tertiary/aromatic N) is 1. The normalized spacial score (nSPS) is 10.7. The van der Waals surface area contributed by atoms with E-state index in [-0.39, 0.29) is 12.5 Å². The maximum Gasteiger partial charge on any atom is 0.353 e. The molecule has 1 N–H and O–H groups in total. The SMILES string of the molecule is CCOc1cc(/C=N/NC(=O)COc2cc(C)cc(C)c2)ccc1OC(=O)c1cccs1. The van der Waals surface area contributed by atoms with E-state index in [1.165, 1.54) is 17.6 Å². The van der Waals surface area contributed by atoms with Crippen molar-refractivity contribution in [2.75, 3.05) is 13.2 Å². The predicted octanol–water partition coefficient (Wildman–Crippen LogP) is 4.51. The molecule has 0 aliphatic heterocycles. The summed E-state index contributed by atoms with van der Waals surface area (Å²) in [7, 11) is 0. The smallest absolute Gasteiger partial charge is 0.353 e. The number of carbonyl (C=O) groups is 2. The fourth-order valence-electron chi connectivity index (χ4n) is 2.88. The Morgan fingerprint density at radius 1 is 1.03 bits per heavy atom. The Kier molecular flexibility index (Phi) is 7.99. The molecule has 0 radical (unpaired) electrons. The molecule has 0 unspecified atom stereocenters. The largest absolute Gasteiger partial charge is 0.490 e. The number of nitrogens with one attached hydrogen (secondary N) is 1. The number of hydrogen-bond donors (Lipinski definition) is 1. The lowest BCUT2D eigenvalue weighted by molar-refractivity contribution is -0.123. The van der Waals surface area contributed by atoms with Gasteiger partial charge in [0.15, 0.2) is 18.1 Å². The van der Waals surface area contributed by atoms with Crippen molar-refractivity contribution in [1.82, 2.24) is 5.43 Å². The van der Waals surface area contributed by atoms with Gasteiger partial charge in [-0.15, -0.1) is 11.3 Å². The molecule has 3 aromatic rings. The topological polar surface area (TPSA) is 86.2 Å². The first-order valence-corrected chi connectivity index (χ1v) is 10.9. The highest BCUT2D eigenvalue weighted by molar-refractivity contribution is 7.12. The van der Waals surface area contributed by atoms with Gasteiger partial charge in [-0.05, 0) is 79.2 Å². The number of amides is 1. The predicted molar refractivity (Wildman–Crippen MR) is 124 cm³/mol. The van der Waals surface area contributed by atoms with E-state index >= 15 is 0 Å². The van der Waals surface area contributed by atoms with Gasteiger partial charge in [-0.2, -0.15) is 5.10 Å². The highest BCUT2D eigenvalue weighted by atomic mass is 32.1. The first-order chi connectivity index (χ1) is 15.4. The molecule has 1 aromatic heterocycles. The van der Waals surface area contributed by atoms with Gasteiger partial charge in [-0.25, -0.2) is 10.2 Å². The third-order valence-corrected chi connectivity index (χ3v) is 5.01. The van der Waals surface area contributed by atoms with Crippen molar-refractivity contribution in [3.8, 4) is 17.2 Å². The molecule has 1 heterocycles. The molecule has 2 aromatic carbocycles. The Balaban J connectivity index is 1.58. The molecular formula is C24H24N2O5S. The molecule has 8 heteroatoms. The van der Waals surface area contributed by atoms with Crippen LogP contribution in [0.4, 0.5) is 0 Å². The van der Waals surface area contributed by atoms with Crippen LogP contribution in [0.15, 0.2) is 59.0 Å². The second-order valence-corrected chi connectivity index (χ2v) is 7.86. The van der Waals surface area contributed by atoms with Crippen molar-refractivity contribution < 1.29 is 23.8 Å². The Morgan fingerprint density at radius 3 is 2.50 bits per heavy atom. The number of rotatable bonds is 9. The van der Waals surface area contributed by atoms with Crippen LogP contribution in [-0.2, 0) is 4.79 Å². The van der Waals surface area contributed by atoms with Crippen LogP contribution in [0.25, 0.3) is 0 Å². The number of thiophene rings is 1. The van der Waals surface area contributed by atoms with Crippen molar-refractivity contribution in [3.05, 3.63) is 75.5 Å². The molecule has 0 bridgehead atoms. The average molecular weight is 453 g/mol. The summed E-state index contributed by atoms with van der Waals surface area (Å²) >= 11 is 1.30. The highest BCUT2D eigenvalue weighted by Crippen LogP contribution is 2.29. The van der Waals surface area contributed by atoms with Gasteiger partial charge in [-0.1, -0.05) is 12.1 Å². The maximum absolute atomic E-state index is 12.2. The van der Waals surface area contributed by atoms with E-state index in [2.05, 4.69) is 10.5 Å². The molecule has 32 heavy (non-hydrogen) atoms. The van der Waals surface area contributed by atoms with Gasteiger partial charge in [0.2, 0.25) is 0 Å². The summed E-state index contributed by atoms with van der Waals surface area (Å²) in [5.41, 5.74) is 5.22. The summed E-state index contributed by atoms with van der Waals surface area (Å²) in [5, 5.41) is 5.76. The minimum absolute atomic E-state index is 0.151. The van der Waals surface area contributed by atoms with Crippen LogP contribution < -0.4 is 19.6 Å². The monoisotopic (exact) mass is 452 g/mol. The van der Waals surface area contributed by atoms with Crippen molar-refractivity contribution in [1.29, 1.82) is 0 Å². The fraction of sp³-hybridized carbons (Fsp3) is 0.208. The van der Waals surface area contributed by atoms with Crippen LogP contribution >= 0.6 is 11.3 Å². The second kappa shape index (κ2) is 11.1. The molecule has 0 spiro atoms. The minimum Gasteiger partial charge on any atom is -0.490 e. The molecule has 7 nitrogen and oxygen atoms in total. The maximum atomic E-state index is 12.2. The first-order valence-electron chi connectivity index (χ1n) is 10.00. The summed E-state index contributed by atoms with van der Waals surface area (Å²) in [6.07, 6.45) is 1.47. The molecular weight excluding hydrogens is 428 g/mol. The average Bonchev–Trinajstić information content (AvgIpc) is 3.29. The lowest BCUT2D eigenvalue weighted by atomic mass is 10.1. The van der Waals surface area contributed by atoms with Gasteiger partial charge >= 0.3 is 5.97 Å². The zero-order chi connectivity index (χ0) is 22.9. The van der Waals surface area contributed by atoms with Crippen LogP contribution in [0.5, 0.6) is 17.2 Å². The van der Waals surface area contributed by atoms with E-state index in [0.717, 1.165) is 11.1 Å². The van der Waals surface area contributed by atoms with Crippen molar-refractivity contribution in [2.24, 2.45) is 5.10 Å². The number of carbonyl (C=O) groups excluding carboxylic acids is 2. The fourth-order valence-corrected chi connectivity index (χ4v) is 3.48. The van der Waals surface area contributed by atoms with E-state index in [9.17, 15) is 9.59 Å². The number of hydrazone groups is 1. The van der Waals surface area contributed by atoms with Crippen LogP contribution in [0.1, 0.15) is 33.3 Å². The van der Waals surface area contributed by atoms with Gasteiger partial charge in [0.1, 0.15) is 10.6 Å². The molecule has 0 aliphatic rings. The molecule has 166 valence electrons. The molecule has 0 saturated carbocycles. The Labute approximate surface area is 190 Å².